The zero-order chi connectivity index (χ0) is 35.7. The van der Waals surface area contributed by atoms with Crippen molar-refractivity contribution in [2.75, 3.05) is 13.2 Å². The number of esters is 1. The molecule has 8 nitrogen and oxygen atoms in total. The largest absolute Gasteiger partial charge is 0.489 e. The lowest BCUT2D eigenvalue weighted by Gasteiger charge is -2.28. The van der Waals surface area contributed by atoms with Crippen molar-refractivity contribution in [1.29, 1.82) is 0 Å². The Morgan fingerprint density at radius 3 is 2.25 bits per heavy atom. The van der Waals surface area contributed by atoms with Gasteiger partial charge in [0.1, 0.15) is 19.0 Å². The van der Waals surface area contributed by atoms with Gasteiger partial charge in [-0.15, -0.1) is 0 Å². The smallest absolute Gasteiger partial charge is 0.309 e. The summed E-state index contributed by atoms with van der Waals surface area (Å²) in [5.41, 5.74) is 3.13. The molecule has 2 amide bonds. The normalized spacial score (nSPS) is 21.2. The van der Waals surface area contributed by atoms with E-state index >= 15 is 0 Å². The van der Waals surface area contributed by atoms with Crippen LogP contribution in [0.3, 0.4) is 0 Å². The first-order chi connectivity index (χ1) is 24.9. The quantitative estimate of drug-likeness (QED) is 0.133. The third-order valence-electron chi connectivity index (χ3n) is 10.1. The van der Waals surface area contributed by atoms with Crippen LogP contribution in [-0.4, -0.2) is 48.2 Å². The summed E-state index contributed by atoms with van der Waals surface area (Å²) in [6.45, 7) is 0.371. The number of allylic oxidation sites excluding steroid dienone is 2. The van der Waals surface area contributed by atoms with Crippen LogP contribution >= 0.6 is 0 Å². The van der Waals surface area contributed by atoms with Gasteiger partial charge in [-0.1, -0.05) is 117 Å². The van der Waals surface area contributed by atoms with E-state index in [0.717, 1.165) is 41.7 Å². The third kappa shape index (κ3) is 13.0. The summed E-state index contributed by atoms with van der Waals surface area (Å²) in [6.07, 6.45) is 13.3. The van der Waals surface area contributed by atoms with Crippen molar-refractivity contribution in [3.8, 4) is 5.75 Å². The number of benzene rings is 3. The summed E-state index contributed by atoms with van der Waals surface area (Å²) < 4.78 is 11.8. The number of hydrogen-bond acceptors (Lipinski definition) is 6. The lowest BCUT2D eigenvalue weighted by molar-refractivity contribution is -0.150. The minimum Gasteiger partial charge on any atom is -0.489 e. The average molecular weight is 695 g/mol. The first kappa shape index (κ1) is 37.8. The second-order valence-corrected chi connectivity index (χ2v) is 14.2. The van der Waals surface area contributed by atoms with Crippen molar-refractivity contribution in [3.05, 3.63) is 114 Å². The van der Waals surface area contributed by atoms with E-state index in [4.69, 9.17) is 9.47 Å². The lowest BCUT2D eigenvalue weighted by atomic mass is 9.84. The van der Waals surface area contributed by atoms with Crippen molar-refractivity contribution in [2.24, 2.45) is 17.8 Å². The molecule has 0 spiro atoms. The molecule has 3 aromatic carbocycles. The molecule has 51 heavy (non-hydrogen) atoms. The number of carbonyl (C=O) groups is 3. The monoisotopic (exact) mass is 694 g/mol. The molecule has 272 valence electrons. The molecular weight excluding hydrogens is 640 g/mol. The molecule has 1 heterocycles. The number of nitrogens with one attached hydrogen (secondary N) is 2. The van der Waals surface area contributed by atoms with Crippen LogP contribution in [0, 0.1) is 17.8 Å². The molecule has 2 aliphatic rings. The van der Waals surface area contributed by atoms with Gasteiger partial charge in [-0.25, -0.2) is 0 Å². The van der Waals surface area contributed by atoms with Gasteiger partial charge in [0.2, 0.25) is 11.8 Å². The molecule has 3 aromatic rings. The fraction of sp³-hybridized carbons (Fsp3) is 0.465. The van der Waals surface area contributed by atoms with Crippen LogP contribution in [0.25, 0.3) is 0 Å². The summed E-state index contributed by atoms with van der Waals surface area (Å²) in [7, 11) is 0. The number of aliphatic hydroxyl groups excluding tert-OH is 1. The summed E-state index contributed by atoms with van der Waals surface area (Å²) in [6, 6.07) is 26.8. The summed E-state index contributed by atoms with van der Waals surface area (Å²) in [5.74, 6) is -0.380. The fourth-order valence-corrected chi connectivity index (χ4v) is 7.19. The number of ether oxygens (including phenoxy) is 2. The Labute approximate surface area is 303 Å². The molecule has 0 saturated heterocycles. The molecule has 4 unspecified atom stereocenters. The number of hydrogen-bond donors (Lipinski definition) is 3. The Balaban J connectivity index is 1.20. The first-order valence-electron chi connectivity index (χ1n) is 18.8. The molecule has 3 N–H and O–H groups in total. The Kier molecular flexibility index (Phi) is 15.1. The maximum Gasteiger partial charge on any atom is 0.309 e. The Hall–Kier alpha value is -4.43. The Morgan fingerprint density at radius 1 is 0.843 bits per heavy atom. The summed E-state index contributed by atoms with van der Waals surface area (Å²) >= 11 is 0. The highest BCUT2D eigenvalue weighted by Crippen LogP contribution is 2.28. The van der Waals surface area contributed by atoms with E-state index in [9.17, 15) is 19.5 Å². The average Bonchev–Trinajstić information content (AvgIpc) is 3.17. The van der Waals surface area contributed by atoms with Gasteiger partial charge < -0.3 is 25.2 Å². The van der Waals surface area contributed by atoms with Gasteiger partial charge in [-0.3, -0.25) is 14.4 Å². The molecule has 5 rings (SSSR count). The summed E-state index contributed by atoms with van der Waals surface area (Å²) in [5, 5.41) is 16.3. The maximum absolute atomic E-state index is 13.8. The highest BCUT2D eigenvalue weighted by Gasteiger charge is 2.29. The van der Waals surface area contributed by atoms with Crippen molar-refractivity contribution >= 4 is 17.8 Å². The van der Waals surface area contributed by atoms with Crippen LogP contribution in [0.5, 0.6) is 5.75 Å². The predicted octanol–water partition coefficient (Wildman–Crippen LogP) is 6.89. The van der Waals surface area contributed by atoms with E-state index in [0.29, 0.717) is 44.6 Å². The predicted molar refractivity (Wildman–Crippen MR) is 199 cm³/mol. The second kappa shape index (κ2) is 20.4. The van der Waals surface area contributed by atoms with Crippen LogP contribution in [0.1, 0.15) is 80.9 Å². The van der Waals surface area contributed by atoms with E-state index in [2.05, 4.69) is 10.6 Å². The number of carbonyl (C=O) groups excluding carboxylic acids is 3. The third-order valence-corrected chi connectivity index (χ3v) is 10.1. The molecule has 1 fully saturated rings. The highest BCUT2D eigenvalue weighted by molar-refractivity contribution is 5.86. The van der Waals surface area contributed by atoms with E-state index < -0.39 is 12.0 Å². The molecule has 0 bridgehead atoms. The topological polar surface area (TPSA) is 114 Å². The van der Waals surface area contributed by atoms with Crippen LogP contribution in [-0.2, 0) is 38.6 Å². The van der Waals surface area contributed by atoms with Crippen LogP contribution in [0.2, 0.25) is 0 Å². The molecule has 0 radical (unpaired) electrons. The van der Waals surface area contributed by atoms with Crippen LogP contribution in [0.15, 0.2) is 97.1 Å². The molecule has 4 atom stereocenters. The molecular formula is C43H54N2O6. The zero-order valence-electron chi connectivity index (χ0n) is 29.7. The molecule has 8 heteroatoms. The van der Waals surface area contributed by atoms with Gasteiger partial charge in [0.15, 0.2) is 0 Å². The number of amides is 2. The van der Waals surface area contributed by atoms with Crippen molar-refractivity contribution in [1.82, 2.24) is 10.6 Å². The van der Waals surface area contributed by atoms with Crippen molar-refractivity contribution in [3.63, 3.8) is 0 Å². The summed E-state index contributed by atoms with van der Waals surface area (Å²) in [4.78, 5) is 40.5. The number of aliphatic hydroxyl groups is 1. The molecule has 1 aliphatic heterocycles. The van der Waals surface area contributed by atoms with Gasteiger partial charge in [0, 0.05) is 6.42 Å². The number of rotatable bonds is 13. The Bertz CT molecular complexity index is 1520. The van der Waals surface area contributed by atoms with Gasteiger partial charge in [0.25, 0.3) is 0 Å². The van der Waals surface area contributed by atoms with Gasteiger partial charge in [-0.05, 0) is 73.3 Å². The highest BCUT2D eigenvalue weighted by atomic mass is 16.5. The van der Waals surface area contributed by atoms with Crippen molar-refractivity contribution in [2.45, 2.75) is 95.7 Å². The van der Waals surface area contributed by atoms with Crippen LogP contribution in [0.4, 0.5) is 0 Å². The molecule has 0 aromatic heterocycles. The Morgan fingerprint density at radius 2 is 1.55 bits per heavy atom. The maximum atomic E-state index is 13.8. The van der Waals surface area contributed by atoms with E-state index in [1.54, 1.807) is 0 Å². The lowest BCUT2D eigenvalue weighted by Crippen LogP contribution is -2.45. The fourth-order valence-electron chi connectivity index (χ4n) is 7.19. The molecule has 1 saturated carbocycles. The van der Waals surface area contributed by atoms with Gasteiger partial charge in [0.05, 0.1) is 30.5 Å². The SMILES string of the molecule is O=C(CC1CC=CCCC(Cc2ccccc2)C(=O)OCC(CC2CCCCC2)NC1=O)NC(CO)Cc1ccc(OCc2ccccc2)cc1. The van der Waals surface area contributed by atoms with E-state index in [1.807, 2.05) is 97.1 Å². The standard InChI is InChI=1S/C43H54N2O6/c46-29-38(26-34-21-23-40(24-22-34)50-30-35-17-9-3-10-18-35)44-41(47)28-36-19-11-4-12-20-37(25-32-13-5-1-6-14-32)43(49)51-31-39(45-42(36)48)27-33-15-7-2-8-16-33/h1,3-6,9-11,13-14,17-18,21-24,33,36-39,46H,2,7-8,12,15-16,19-20,25-31H2,(H,44,47)(H,45,48). The van der Waals surface area contributed by atoms with Gasteiger partial charge in [-0.2, -0.15) is 0 Å². The zero-order valence-corrected chi connectivity index (χ0v) is 29.7. The van der Waals surface area contributed by atoms with Crippen LogP contribution < -0.4 is 15.4 Å². The molecule has 1 aliphatic carbocycles. The first-order valence-corrected chi connectivity index (χ1v) is 18.8. The van der Waals surface area contributed by atoms with E-state index in [1.165, 1.54) is 19.3 Å². The van der Waals surface area contributed by atoms with Crippen molar-refractivity contribution < 1.29 is 29.0 Å². The minimum absolute atomic E-state index is 0.00843. The number of cyclic esters (lactones) is 1. The minimum atomic E-state index is -0.591. The van der Waals surface area contributed by atoms with Gasteiger partial charge >= 0.3 is 5.97 Å². The van der Waals surface area contributed by atoms with E-state index in [-0.39, 0.29) is 49.4 Å². The second-order valence-electron chi connectivity index (χ2n) is 14.2.